The Morgan fingerprint density at radius 1 is 0.909 bits per heavy atom. The first-order valence-electron chi connectivity index (χ1n) is 6.49. The Kier molecular flexibility index (Phi) is 5.71. The minimum absolute atomic E-state index is 0.272. The average Bonchev–Trinajstić information content (AvgIpc) is 2.55. The first-order chi connectivity index (χ1) is 10.6. The van der Waals surface area contributed by atoms with E-state index in [0.29, 0.717) is 5.56 Å². The number of hydrogen-bond acceptors (Lipinski definition) is 4. The van der Waals surface area contributed by atoms with Crippen LogP contribution < -0.4 is 0 Å². The molecule has 0 unspecified atom stereocenters. The van der Waals surface area contributed by atoms with Gasteiger partial charge in [-0.1, -0.05) is 0 Å². The SMILES string of the molecule is C=C(C)C(=O)OI(OC(=O)c1ccccc1)c1ccccc1. The molecular formula is C17H15IO4. The van der Waals surface area contributed by atoms with E-state index in [0.717, 1.165) is 3.57 Å². The van der Waals surface area contributed by atoms with Crippen molar-refractivity contribution in [3.63, 3.8) is 0 Å². The van der Waals surface area contributed by atoms with Gasteiger partial charge in [0.1, 0.15) is 0 Å². The Bertz CT molecular complexity index is 668. The molecule has 22 heavy (non-hydrogen) atoms. The van der Waals surface area contributed by atoms with Crippen LogP contribution in [-0.4, -0.2) is 11.9 Å². The molecule has 0 bridgehead atoms. The van der Waals surface area contributed by atoms with Crippen molar-refractivity contribution in [1.82, 2.24) is 0 Å². The zero-order valence-corrected chi connectivity index (χ0v) is 14.1. The Morgan fingerprint density at radius 3 is 2.00 bits per heavy atom. The van der Waals surface area contributed by atoms with Gasteiger partial charge in [0.25, 0.3) is 0 Å². The van der Waals surface area contributed by atoms with Gasteiger partial charge in [-0.25, -0.2) is 0 Å². The summed E-state index contributed by atoms with van der Waals surface area (Å²) in [6, 6.07) is 17.7. The van der Waals surface area contributed by atoms with Gasteiger partial charge in [-0.3, -0.25) is 0 Å². The molecule has 114 valence electrons. The Hall–Kier alpha value is -2.15. The predicted octanol–water partition coefficient (Wildman–Crippen LogP) is 4.17. The van der Waals surface area contributed by atoms with Crippen LogP contribution in [0.15, 0.2) is 72.8 Å². The molecule has 0 amide bonds. The Labute approximate surface area is 137 Å². The quantitative estimate of drug-likeness (QED) is 0.549. The fourth-order valence-electron chi connectivity index (χ4n) is 1.43. The minimum atomic E-state index is -2.90. The summed E-state index contributed by atoms with van der Waals surface area (Å²) in [6.45, 7) is 5.11. The van der Waals surface area contributed by atoms with Crippen LogP contribution in [0, 0.1) is 3.57 Å². The molecule has 4 nitrogen and oxygen atoms in total. The van der Waals surface area contributed by atoms with E-state index >= 15 is 0 Å². The molecular weight excluding hydrogens is 395 g/mol. The number of carbonyl (C=O) groups excluding carboxylic acids is 2. The van der Waals surface area contributed by atoms with E-state index < -0.39 is 32.6 Å². The predicted molar refractivity (Wildman–Crippen MR) is 91.9 cm³/mol. The number of hydrogen-bond donors (Lipinski definition) is 0. The molecule has 2 aromatic rings. The first kappa shape index (κ1) is 16.2. The van der Waals surface area contributed by atoms with Crippen molar-refractivity contribution in [1.29, 1.82) is 0 Å². The summed E-state index contributed by atoms with van der Waals surface area (Å²) in [5, 5.41) is 0. The maximum absolute atomic E-state index is 12.2. The van der Waals surface area contributed by atoms with E-state index in [-0.39, 0.29) is 5.57 Å². The van der Waals surface area contributed by atoms with Gasteiger partial charge in [-0.05, 0) is 0 Å². The molecule has 0 radical (unpaired) electrons. The molecule has 0 aromatic heterocycles. The molecule has 0 aliphatic rings. The van der Waals surface area contributed by atoms with Gasteiger partial charge in [0.05, 0.1) is 0 Å². The third-order valence-corrected chi connectivity index (χ3v) is 5.89. The third kappa shape index (κ3) is 4.42. The average molecular weight is 410 g/mol. The zero-order chi connectivity index (χ0) is 15.9. The monoisotopic (exact) mass is 410 g/mol. The summed E-state index contributed by atoms with van der Waals surface area (Å²) in [7, 11) is 0. The molecule has 0 fully saturated rings. The van der Waals surface area contributed by atoms with Crippen molar-refractivity contribution in [2.45, 2.75) is 6.92 Å². The van der Waals surface area contributed by atoms with Crippen LogP contribution >= 0.6 is 20.6 Å². The summed E-state index contributed by atoms with van der Waals surface area (Å²) in [4.78, 5) is 24.0. The molecule has 0 aliphatic heterocycles. The molecule has 5 heteroatoms. The second kappa shape index (κ2) is 7.74. The number of halogens is 1. The summed E-state index contributed by atoms with van der Waals surface area (Å²) < 4.78 is 11.6. The van der Waals surface area contributed by atoms with Crippen molar-refractivity contribution in [2.24, 2.45) is 0 Å². The third-order valence-electron chi connectivity index (χ3n) is 2.55. The zero-order valence-electron chi connectivity index (χ0n) is 12.0. The van der Waals surface area contributed by atoms with Crippen LogP contribution in [0.2, 0.25) is 0 Å². The van der Waals surface area contributed by atoms with E-state index in [2.05, 4.69) is 6.58 Å². The van der Waals surface area contributed by atoms with Crippen molar-refractivity contribution in [3.05, 3.63) is 81.9 Å². The molecule has 0 heterocycles. The fourth-order valence-corrected chi connectivity index (χ4v) is 4.39. The van der Waals surface area contributed by atoms with Gasteiger partial charge in [-0.2, -0.15) is 0 Å². The molecule has 0 spiro atoms. The second-order valence-corrected chi connectivity index (χ2v) is 7.76. The summed E-state index contributed by atoms with van der Waals surface area (Å²) in [6.07, 6.45) is 0. The molecule has 0 N–H and O–H groups in total. The molecule has 2 aromatic carbocycles. The first-order valence-corrected chi connectivity index (χ1v) is 9.33. The fraction of sp³-hybridized carbons (Fsp3) is 0.0588. The molecule has 0 saturated carbocycles. The van der Waals surface area contributed by atoms with E-state index in [9.17, 15) is 9.59 Å². The van der Waals surface area contributed by atoms with Crippen molar-refractivity contribution < 1.29 is 15.7 Å². The van der Waals surface area contributed by atoms with Crippen molar-refractivity contribution >= 4 is 32.6 Å². The van der Waals surface area contributed by atoms with Crippen LogP contribution in [0.3, 0.4) is 0 Å². The van der Waals surface area contributed by atoms with Crippen LogP contribution in [0.1, 0.15) is 17.3 Å². The van der Waals surface area contributed by atoms with Gasteiger partial charge in [0.15, 0.2) is 0 Å². The number of benzene rings is 2. The van der Waals surface area contributed by atoms with E-state index in [4.69, 9.17) is 6.13 Å². The Morgan fingerprint density at radius 2 is 1.45 bits per heavy atom. The summed E-state index contributed by atoms with van der Waals surface area (Å²) in [5.74, 6) is -1.04. The number of carbonyl (C=O) groups is 2. The standard InChI is InChI=1S/C17H15IO4/c1-13(2)16(19)21-18(15-11-7-4-8-12-15)22-17(20)14-9-5-3-6-10-14/h3-12H,1H2,2H3. The van der Waals surface area contributed by atoms with Crippen LogP contribution in [-0.2, 0) is 10.9 Å². The van der Waals surface area contributed by atoms with Gasteiger partial charge >= 0.3 is 137 Å². The summed E-state index contributed by atoms with van der Waals surface area (Å²) >= 11 is -2.90. The second-order valence-electron chi connectivity index (χ2n) is 4.39. The van der Waals surface area contributed by atoms with Gasteiger partial charge in [0.2, 0.25) is 0 Å². The number of rotatable bonds is 5. The van der Waals surface area contributed by atoms with Crippen LogP contribution in [0.4, 0.5) is 0 Å². The molecule has 2 rings (SSSR count). The van der Waals surface area contributed by atoms with Crippen molar-refractivity contribution in [3.8, 4) is 0 Å². The maximum atomic E-state index is 12.2. The normalized spacial score (nSPS) is 10.5. The van der Waals surface area contributed by atoms with E-state index in [1.165, 1.54) is 0 Å². The van der Waals surface area contributed by atoms with Gasteiger partial charge in [0, 0.05) is 0 Å². The Balaban J connectivity index is 2.19. The summed E-state index contributed by atoms with van der Waals surface area (Å²) in [5.41, 5.74) is 0.695. The van der Waals surface area contributed by atoms with Crippen LogP contribution in [0.25, 0.3) is 0 Å². The van der Waals surface area contributed by atoms with Crippen molar-refractivity contribution in [2.75, 3.05) is 0 Å². The van der Waals surface area contributed by atoms with Gasteiger partial charge < -0.3 is 0 Å². The molecule has 0 aliphatic carbocycles. The molecule has 0 saturated heterocycles. The van der Waals surface area contributed by atoms with Gasteiger partial charge in [-0.15, -0.1) is 0 Å². The van der Waals surface area contributed by atoms with E-state index in [1.807, 2.05) is 24.3 Å². The van der Waals surface area contributed by atoms with E-state index in [1.54, 1.807) is 43.3 Å². The molecule has 0 atom stereocenters. The topological polar surface area (TPSA) is 52.6 Å². The van der Waals surface area contributed by atoms with Crippen LogP contribution in [0.5, 0.6) is 0 Å².